The SMILES string of the molecule is OCc1ccccc1CN1CCN(CCCn2ccnc2)CC1. The molecule has 1 aliphatic rings. The third kappa shape index (κ3) is 4.64. The van der Waals surface area contributed by atoms with Crippen molar-refractivity contribution in [2.45, 2.75) is 26.1 Å². The average molecular weight is 314 g/mol. The predicted molar refractivity (Wildman–Crippen MR) is 90.9 cm³/mol. The summed E-state index contributed by atoms with van der Waals surface area (Å²) in [5, 5.41) is 9.43. The Labute approximate surface area is 138 Å². The minimum atomic E-state index is 0.129. The van der Waals surface area contributed by atoms with Crippen molar-refractivity contribution in [1.82, 2.24) is 19.4 Å². The summed E-state index contributed by atoms with van der Waals surface area (Å²) in [6.45, 7) is 7.74. The maximum atomic E-state index is 9.43. The summed E-state index contributed by atoms with van der Waals surface area (Å²) in [7, 11) is 0. The van der Waals surface area contributed by atoms with Crippen molar-refractivity contribution in [3.8, 4) is 0 Å². The van der Waals surface area contributed by atoms with Gasteiger partial charge in [-0.1, -0.05) is 24.3 Å². The third-order valence-corrected chi connectivity index (χ3v) is 4.60. The molecule has 1 aromatic heterocycles. The van der Waals surface area contributed by atoms with Crippen molar-refractivity contribution in [2.24, 2.45) is 0 Å². The lowest BCUT2D eigenvalue weighted by atomic mass is 10.1. The number of aliphatic hydroxyl groups is 1. The Morgan fingerprint density at radius 2 is 1.70 bits per heavy atom. The molecule has 1 saturated heterocycles. The van der Waals surface area contributed by atoms with E-state index in [-0.39, 0.29) is 6.61 Å². The van der Waals surface area contributed by atoms with Crippen molar-refractivity contribution in [2.75, 3.05) is 32.7 Å². The molecule has 5 heteroatoms. The molecule has 0 atom stereocenters. The number of imidazole rings is 1. The fraction of sp³-hybridized carbons (Fsp3) is 0.500. The molecule has 0 spiro atoms. The van der Waals surface area contributed by atoms with Gasteiger partial charge in [-0.2, -0.15) is 0 Å². The van der Waals surface area contributed by atoms with E-state index in [1.807, 2.05) is 30.9 Å². The highest BCUT2D eigenvalue weighted by molar-refractivity contribution is 5.26. The molecule has 1 aliphatic heterocycles. The summed E-state index contributed by atoms with van der Waals surface area (Å²) >= 11 is 0. The highest BCUT2D eigenvalue weighted by Crippen LogP contribution is 2.13. The van der Waals surface area contributed by atoms with E-state index in [4.69, 9.17) is 0 Å². The number of hydrogen-bond acceptors (Lipinski definition) is 4. The van der Waals surface area contributed by atoms with Gasteiger partial charge in [0.2, 0.25) is 0 Å². The first-order valence-corrected chi connectivity index (χ1v) is 8.43. The van der Waals surface area contributed by atoms with Crippen molar-refractivity contribution in [1.29, 1.82) is 0 Å². The van der Waals surface area contributed by atoms with Gasteiger partial charge in [0.1, 0.15) is 0 Å². The first-order chi connectivity index (χ1) is 11.3. The molecule has 0 bridgehead atoms. The van der Waals surface area contributed by atoms with E-state index in [1.54, 1.807) is 0 Å². The molecular formula is C18H26N4O. The fourth-order valence-corrected chi connectivity index (χ4v) is 3.17. The third-order valence-electron chi connectivity index (χ3n) is 4.60. The van der Waals surface area contributed by atoms with Crippen molar-refractivity contribution in [3.63, 3.8) is 0 Å². The lowest BCUT2D eigenvalue weighted by Crippen LogP contribution is -2.46. The number of piperazine rings is 1. The topological polar surface area (TPSA) is 44.5 Å². The summed E-state index contributed by atoms with van der Waals surface area (Å²) < 4.78 is 2.14. The van der Waals surface area contributed by atoms with E-state index >= 15 is 0 Å². The summed E-state index contributed by atoms with van der Waals surface area (Å²) in [5.41, 5.74) is 2.30. The normalized spacial score (nSPS) is 16.7. The number of aryl methyl sites for hydroxylation is 1. The molecular weight excluding hydrogens is 288 g/mol. The standard InChI is InChI=1S/C18H26N4O/c23-15-18-5-2-1-4-17(18)14-21-12-10-20(11-13-21)7-3-8-22-9-6-19-16-22/h1-2,4-6,9,16,23H,3,7-8,10-15H2. The van der Waals surface area contributed by atoms with Crippen molar-refractivity contribution >= 4 is 0 Å². The molecule has 1 fully saturated rings. The second kappa shape index (κ2) is 8.24. The Kier molecular flexibility index (Phi) is 5.80. The number of benzene rings is 1. The molecule has 0 saturated carbocycles. The maximum Gasteiger partial charge on any atom is 0.0945 e. The molecule has 3 rings (SSSR count). The Bertz CT molecular complexity index is 576. The number of nitrogens with zero attached hydrogens (tertiary/aromatic N) is 4. The number of rotatable bonds is 7. The van der Waals surface area contributed by atoms with Crippen LogP contribution in [0, 0.1) is 0 Å². The first kappa shape index (κ1) is 16.2. The van der Waals surface area contributed by atoms with Gasteiger partial charge in [0.05, 0.1) is 12.9 Å². The minimum absolute atomic E-state index is 0.129. The zero-order valence-electron chi connectivity index (χ0n) is 13.6. The van der Waals surface area contributed by atoms with Gasteiger partial charge in [-0.05, 0) is 24.1 Å². The highest BCUT2D eigenvalue weighted by Gasteiger charge is 2.17. The molecule has 1 aromatic carbocycles. The lowest BCUT2D eigenvalue weighted by Gasteiger charge is -2.35. The minimum Gasteiger partial charge on any atom is -0.392 e. The highest BCUT2D eigenvalue weighted by atomic mass is 16.3. The smallest absolute Gasteiger partial charge is 0.0945 e. The summed E-state index contributed by atoms with van der Waals surface area (Å²) in [5.74, 6) is 0. The van der Waals surface area contributed by atoms with E-state index in [9.17, 15) is 5.11 Å². The maximum absolute atomic E-state index is 9.43. The van der Waals surface area contributed by atoms with Crippen molar-refractivity contribution < 1.29 is 5.11 Å². The van der Waals surface area contributed by atoms with Crippen LogP contribution >= 0.6 is 0 Å². The van der Waals surface area contributed by atoms with E-state index in [1.165, 1.54) is 12.0 Å². The van der Waals surface area contributed by atoms with E-state index < -0.39 is 0 Å². The van der Waals surface area contributed by atoms with Crippen LogP contribution in [0.1, 0.15) is 17.5 Å². The monoisotopic (exact) mass is 314 g/mol. The van der Waals surface area contributed by atoms with Gasteiger partial charge in [-0.25, -0.2) is 4.98 Å². The van der Waals surface area contributed by atoms with Crippen LogP contribution in [0.3, 0.4) is 0 Å². The average Bonchev–Trinajstić information content (AvgIpc) is 3.10. The first-order valence-electron chi connectivity index (χ1n) is 8.43. The second-order valence-electron chi connectivity index (χ2n) is 6.20. The van der Waals surface area contributed by atoms with Crippen LogP contribution in [0.5, 0.6) is 0 Å². The Hall–Kier alpha value is -1.69. The zero-order chi connectivity index (χ0) is 15.9. The molecule has 124 valence electrons. The van der Waals surface area contributed by atoms with Gasteiger partial charge in [0.15, 0.2) is 0 Å². The number of aliphatic hydroxyl groups excluding tert-OH is 1. The Balaban J connectivity index is 1.40. The molecule has 1 N–H and O–H groups in total. The van der Waals surface area contributed by atoms with Gasteiger partial charge in [0.25, 0.3) is 0 Å². The molecule has 0 amide bonds. The number of aromatic nitrogens is 2. The van der Waals surface area contributed by atoms with Crippen LogP contribution in [0.15, 0.2) is 43.0 Å². The Morgan fingerprint density at radius 3 is 2.39 bits per heavy atom. The van der Waals surface area contributed by atoms with Gasteiger partial charge in [-0.3, -0.25) is 4.90 Å². The molecule has 2 aromatic rings. The molecule has 2 heterocycles. The summed E-state index contributed by atoms with van der Waals surface area (Å²) in [6, 6.07) is 8.19. The summed E-state index contributed by atoms with van der Waals surface area (Å²) in [4.78, 5) is 9.11. The van der Waals surface area contributed by atoms with Gasteiger partial charge in [0, 0.05) is 51.7 Å². The molecule has 0 radical (unpaired) electrons. The lowest BCUT2D eigenvalue weighted by molar-refractivity contribution is 0.124. The van der Waals surface area contributed by atoms with E-state index in [0.29, 0.717) is 0 Å². The van der Waals surface area contributed by atoms with Crippen LogP contribution in [0.4, 0.5) is 0 Å². The largest absolute Gasteiger partial charge is 0.392 e. The summed E-state index contributed by atoms with van der Waals surface area (Å²) in [6.07, 6.45) is 6.92. The van der Waals surface area contributed by atoms with Crippen molar-refractivity contribution in [3.05, 3.63) is 54.1 Å². The zero-order valence-corrected chi connectivity index (χ0v) is 13.6. The molecule has 23 heavy (non-hydrogen) atoms. The van der Waals surface area contributed by atoms with Gasteiger partial charge >= 0.3 is 0 Å². The van der Waals surface area contributed by atoms with Crippen LogP contribution in [-0.2, 0) is 19.7 Å². The molecule has 0 aliphatic carbocycles. The number of hydrogen-bond donors (Lipinski definition) is 1. The van der Waals surface area contributed by atoms with Crippen LogP contribution < -0.4 is 0 Å². The van der Waals surface area contributed by atoms with Gasteiger partial charge in [-0.15, -0.1) is 0 Å². The van der Waals surface area contributed by atoms with E-state index in [0.717, 1.165) is 51.4 Å². The quantitative estimate of drug-likeness (QED) is 0.843. The van der Waals surface area contributed by atoms with Crippen LogP contribution in [-0.4, -0.2) is 57.2 Å². The Morgan fingerprint density at radius 1 is 0.957 bits per heavy atom. The van der Waals surface area contributed by atoms with E-state index in [2.05, 4.69) is 31.5 Å². The van der Waals surface area contributed by atoms with Crippen LogP contribution in [0.2, 0.25) is 0 Å². The van der Waals surface area contributed by atoms with Crippen LogP contribution in [0.25, 0.3) is 0 Å². The van der Waals surface area contributed by atoms with Gasteiger partial charge < -0.3 is 14.6 Å². The predicted octanol–water partition coefficient (Wildman–Crippen LogP) is 1.58. The molecule has 0 unspecified atom stereocenters. The fourth-order valence-electron chi connectivity index (χ4n) is 3.17. The second-order valence-corrected chi connectivity index (χ2v) is 6.20. The molecule has 5 nitrogen and oxygen atoms in total.